The molecule has 2 unspecified atom stereocenters. The SMILES string of the molecule is CN=C1NC(N)(c2ccc(-n3ncnc3C)c(F)c2)NC2=C1CN(C)CC2c1ccccc1. The van der Waals surface area contributed by atoms with Crippen molar-refractivity contribution in [2.75, 3.05) is 27.2 Å². The highest BCUT2D eigenvalue weighted by molar-refractivity contribution is 6.01. The highest BCUT2D eigenvalue weighted by Gasteiger charge is 2.41. The normalized spacial score (nSPS) is 24.4. The lowest BCUT2D eigenvalue weighted by Gasteiger charge is -2.46. The Morgan fingerprint density at radius 3 is 2.64 bits per heavy atom. The summed E-state index contributed by atoms with van der Waals surface area (Å²) in [7, 11) is 3.83. The molecule has 2 aliphatic heterocycles. The van der Waals surface area contributed by atoms with Crippen molar-refractivity contribution in [1.82, 2.24) is 30.3 Å². The van der Waals surface area contributed by atoms with Crippen molar-refractivity contribution in [3.05, 3.63) is 88.9 Å². The van der Waals surface area contributed by atoms with E-state index in [4.69, 9.17) is 5.73 Å². The summed E-state index contributed by atoms with van der Waals surface area (Å²) in [5.41, 5.74) is 11.0. The summed E-state index contributed by atoms with van der Waals surface area (Å²) in [4.78, 5) is 10.8. The number of rotatable bonds is 3. The smallest absolute Gasteiger partial charge is 0.190 e. The average Bonchev–Trinajstić information content (AvgIpc) is 3.24. The van der Waals surface area contributed by atoms with Crippen LogP contribution in [0.1, 0.15) is 22.9 Å². The first-order chi connectivity index (χ1) is 15.9. The largest absolute Gasteiger partial charge is 0.349 e. The van der Waals surface area contributed by atoms with Crippen LogP contribution in [0.15, 0.2) is 71.1 Å². The number of nitrogens with one attached hydrogen (secondary N) is 2. The van der Waals surface area contributed by atoms with Crippen molar-refractivity contribution in [2.24, 2.45) is 10.7 Å². The van der Waals surface area contributed by atoms with E-state index in [-0.39, 0.29) is 5.92 Å². The Labute approximate surface area is 192 Å². The van der Waals surface area contributed by atoms with E-state index in [1.165, 1.54) is 22.6 Å². The molecular weight excluding hydrogens is 419 g/mol. The van der Waals surface area contributed by atoms with Crippen LogP contribution in [0.5, 0.6) is 0 Å². The molecule has 3 aromatic rings. The number of halogens is 1. The molecule has 2 aliphatic rings. The van der Waals surface area contributed by atoms with Gasteiger partial charge in [0.2, 0.25) is 0 Å². The lowest BCUT2D eigenvalue weighted by atomic mass is 9.86. The summed E-state index contributed by atoms with van der Waals surface area (Å²) in [5, 5.41) is 10.9. The monoisotopic (exact) mass is 446 g/mol. The molecule has 0 saturated heterocycles. The molecule has 4 N–H and O–H groups in total. The molecule has 170 valence electrons. The number of amidine groups is 1. The van der Waals surface area contributed by atoms with Crippen LogP contribution in [0, 0.1) is 12.7 Å². The Morgan fingerprint density at radius 1 is 1.18 bits per heavy atom. The van der Waals surface area contributed by atoms with Crippen LogP contribution >= 0.6 is 0 Å². The van der Waals surface area contributed by atoms with Crippen molar-refractivity contribution < 1.29 is 4.39 Å². The van der Waals surface area contributed by atoms with E-state index in [1.807, 2.05) is 18.2 Å². The fourth-order valence-electron chi connectivity index (χ4n) is 4.66. The van der Waals surface area contributed by atoms with Gasteiger partial charge in [-0.05, 0) is 31.7 Å². The molecule has 1 aromatic heterocycles. The molecule has 0 spiro atoms. The van der Waals surface area contributed by atoms with Crippen molar-refractivity contribution in [3.63, 3.8) is 0 Å². The number of nitrogens with zero attached hydrogens (tertiary/aromatic N) is 5. The number of aromatic nitrogens is 3. The molecule has 0 saturated carbocycles. The summed E-state index contributed by atoms with van der Waals surface area (Å²) in [6.07, 6.45) is 1.40. The Hall–Kier alpha value is -3.56. The zero-order chi connectivity index (χ0) is 23.2. The van der Waals surface area contributed by atoms with Gasteiger partial charge in [0, 0.05) is 42.9 Å². The quantitative estimate of drug-likeness (QED) is 0.570. The van der Waals surface area contributed by atoms with Crippen LogP contribution in [0.3, 0.4) is 0 Å². The molecule has 0 amide bonds. The minimum absolute atomic E-state index is 0.0867. The van der Waals surface area contributed by atoms with E-state index in [9.17, 15) is 0 Å². The van der Waals surface area contributed by atoms with Crippen LogP contribution in [0.2, 0.25) is 0 Å². The molecule has 9 heteroatoms. The van der Waals surface area contributed by atoms with Gasteiger partial charge in [-0.2, -0.15) is 5.10 Å². The van der Waals surface area contributed by atoms with Crippen LogP contribution in [-0.4, -0.2) is 52.7 Å². The molecule has 3 heterocycles. The Balaban J connectivity index is 1.57. The van der Waals surface area contributed by atoms with Crippen molar-refractivity contribution in [3.8, 4) is 5.69 Å². The van der Waals surface area contributed by atoms with Gasteiger partial charge in [0.05, 0.1) is 0 Å². The van der Waals surface area contributed by atoms with Gasteiger partial charge in [-0.25, -0.2) is 14.1 Å². The minimum Gasteiger partial charge on any atom is -0.349 e. The maximum Gasteiger partial charge on any atom is 0.190 e. The van der Waals surface area contributed by atoms with Crippen LogP contribution in [-0.2, 0) is 5.79 Å². The van der Waals surface area contributed by atoms with E-state index in [0.717, 1.165) is 24.4 Å². The third-order valence-corrected chi connectivity index (χ3v) is 6.30. The fraction of sp³-hybridized carbons (Fsp3) is 0.292. The second-order valence-electron chi connectivity index (χ2n) is 8.57. The molecule has 2 atom stereocenters. The molecule has 0 radical (unpaired) electrons. The van der Waals surface area contributed by atoms with Gasteiger partial charge < -0.3 is 15.5 Å². The number of likely N-dealkylation sites (N-methyl/N-ethyl adjacent to an activating group) is 1. The Morgan fingerprint density at radius 2 is 1.97 bits per heavy atom. The second kappa shape index (κ2) is 8.09. The maximum atomic E-state index is 15.2. The highest BCUT2D eigenvalue weighted by atomic mass is 19.1. The van der Waals surface area contributed by atoms with Gasteiger partial charge in [-0.1, -0.05) is 36.4 Å². The number of benzene rings is 2. The summed E-state index contributed by atoms with van der Waals surface area (Å²) in [5.74, 6) is -0.274. The lowest BCUT2D eigenvalue weighted by Crippen LogP contribution is -2.67. The third kappa shape index (κ3) is 3.69. The molecule has 33 heavy (non-hydrogen) atoms. The van der Waals surface area contributed by atoms with Gasteiger partial charge in [-0.3, -0.25) is 10.7 Å². The van der Waals surface area contributed by atoms with Crippen molar-refractivity contribution >= 4 is 5.84 Å². The van der Waals surface area contributed by atoms with Gasteiger partial charge in [0.1, 0.15) is 29.5 Å². The third-order valence-electron chi connectivity index (χ3n) is 6.30. The summed E-state index contributed by atoms with van der Waals surface area (Å²) in [6, 6.07) is 15.2. The second-order valence-corrected chi connectivity index (χ2v) is 8.57. The molecule has 0 bridgehead atoms. The number of nitrogens with two attached hydrogens (primary N) is 1. The molecule has 5 rings (SSSR count). The molecule has 8 nitrogen and oxygen atoms in total. The molecule has 2 aromatic carbocycles. The lowest BCUT2D eigenvalue weighted by molar-refractivity contribution is 0.271. The Kier molecular flexibility index (Phi) is 5.22. The zero-order valence-corrected chi connectivity index (χ0v) is 18.9. The first-order valence-corrected chi connectivity index (χ1v) is 10.9. The van der Waals surface area contributed by atoms with Gasteiger partial charge in [0.25, 0.3) is 0 Å². The van der Waals surface area contributed by atoms with E-state index in [1.54, 1.807) is 26.1 Å². The fourth-order valence-corrected chi connectivity index (χ4v) is 4.66. The average molecular weight is 447 g/mol. The van der Waals surface area contributed by atoms with Gasteiger partial charge in [0.15, 0.2) is 5.79 Å². The first-order valence-electron chi connectivity index (χ1n) is 10.9. The van der Waals surface area contributed by atoms with Crippen LogP contribution in [0.4, 0.5) is 4.39 Å². The molecule has 0 aliphatic carbocycles. The predicted octanol–water partition coefficient (Wildman–Crippen LogP) is 1.99. The van der Waals surface area contributed by atoms with Gasteiger partial charge in [-0.15, -0.1) is 0 Å². The Bertz CT molecular complexity index is 1250. The summed E-state index contributed by atoms with van der Waals surface area (Å²) >= 11 is 0. The highest BCUT2D eigenvalue weighted by Crippen LogP contribution is 2.35. The number of aryl methyl sites for hydroxylation is 1. The topological polar surface area (TPSA) is 96.4 Å². The zero-order valence-electron chi connectivity index (χ0n) is 18.9. The van der Waals surface area contributed by atoms with Crippen LogP contribution < -0.4 is 16.4 Å². The first kappa shape index (κ1) is 21.3. The summed E-state index contributed by atoms with van der Waals surface area (Å²) < 4.78 is 16.6. The molecular formula is C24H27FN8. The van der Waals surface area contributed by atoms with Crippen LogP contribution in [0.25, 0.3) is 5.69 Å². The van der Waals surface area contributed by atoms with Crippen molar-refractivity contribution in [2.45, 2.75) is 18.6 Å². The van der Waals surface area contributed by atoms with E-state index in [0.29, 0.717) is 22.9 Å². The minimum atomic E-state index is -1.23. The summed E-state index contributed by atoms with van der Waals surface area (Å²) in [6.45, 7) is 3.35. The van der Waals surface area contributed by atoms with Gasteiger partial charge >= 0.3 is 0 Å². The number of hydrogen-bond acceptors (Lipinski definition) is 6. The number of hydrogen-bond donors (Lipinski definition) is 3. The predicted molar refractivity (Wildman–Crippen MR) is 125 cm³/mol. The number of aliphatic imine (C=N–C) groups is 1. The van der Waals surface area contributed by atoms with E-state index in [2.05, 4.69) is 49.8 Å². The van der Waals surface area contributed by atoms with E-state index < -0.39 is 11.6 Å². The van der Waals surface area contributed by atoms with Crippen molar-refractivity contribution in [1.29, 1.82) is 0 Å². The molecule has 0 fully saturated rings. The standard InChI is InChI=1S/C24H27FN8/c1-15-28-14-29-33(15)21-10-9-17(11-20(21)25)24(26)30-22-18(16-7-5-4-6-8-16)12-32(3)13-19(22)23(27-2)31-24/h4-11,14,18,30H,12-13,26H2,1-3H3,(H,27,31). The van der Waals surface area contributed by atoms with E-state index >= 15 is 4.39 Å². The maximum absolute atomic E-state index is 15.2.